The van der Waals surface area contributed by atoms with Crippen molar-refractivity contribution >= 4 is 43.2 Å². The summed E-state index contributed by atoms with van der Waals surface area (Å²) >= 11 is 0. The molecule has 0 bridgehead atoms. The zero-order chi connectivity index (χ0) is 53.2. The van der Waals surface area contributed by atoms with E-state index in [1.165, 1.54) is 83.5 Å². The van der Waals surface area contributed by atoms with Crippen LogP contribution >= 0.6 is 31.3 Å². The number of phosphoric acid groups is 4. The Morgan fingerprint density at radius 2 is 0.775 bits per heavy atom. The molecular formula is C45H88O22P4. The van der Waals surface area contributed by atoms with E-state index < -0.39 is 99.2 Å². The fraction of sp³-hybridized carbons (Fsp3) is 0.911. The van der Waals surface area contributed by atoms with Gasteiger partial charge in [-0.1, -0.05) is 167 Å². The Labute approximate surface area is 421 Å². The summed E-state index contributed by atoms with van der Waals surface area (Å²) in [5, 5.41) is 21.9. The molecule has 420 valence electrons. The minimum atomic E-state index is -5.79. The van der Waals surface area contributed by atoms with Crippen LogP contribution in [-0.4, -0.2) is 112 Å². The highest BCUT2D eigenvalue weighted by Crippen LogP contribution is 2.53. The number of allylic oxidation sites excluding steroid dienone is 2. The summed E-state index contributed by atoms with van der Waals surface area (Å²) in [5.41, 5.74) is 0. The molecule has 71 heavy (non-hydrogen) atoms. The number of aliphatic hydroxyl groups excluding tert-OH is 2. The number of unbranched alkanes of at least 4 members (excludes halogenated alkanes) is 25. The Bertz CT molecular complexity index is 1600. The second kappa shape index (κ2) is 38.6. The largest absolute Gasteiger partial charge is 0.472 e. The van der Waals surface area contributed by atoms with Crippen molar-refractivity contribution in [3.63, 3.8) is 0 Å². The molecule has 9 N–H and O–H groups in total. The van der Waals surface area contributed by atoms with Crippen LogP contribution in [0.25, 0.3) is 0 Å². The molecule has 1 rings (SSSR count). The first-order valence-corrected chi connectivity index (χ1v) is 31.8. The predicted octanol–water partition coefficient (Wildman–Crippen LogP) is 9.41. The molecule has 0 aromatic rings. The second-order valence-corrected chi connectivity index (χ2v) is 23.3. The van der Waals surface area contributed by atoms with Gasteiger partial charge in [0.05, 0.1) is 6.61 Å². The van der Waals surface area contributed by atoms with Gasteiger partial charge in [-0.05, 0) is 38.5 Å². The number of ether oxygens (including phenoxy) is 2. The van der Waals surface area contributed by atoms with Crippen molar-refractivity contribution in [2.75, 3.05) is 13.2 Å². The number of phosphoric ester groups is 4. The summed E-state index contributed by atoms with van der Waals surface area (Å²) < 4.78 is 82.3. The Balaban J connectivity index is 2.86. The van der Waals surface area contributed by atoms with Crippen molar-refractivity contribution in [3.05, 3.63) is 12.2 Å². The van der Waals surface area contributed by atoms with Crippen molar-refractivity contribution < 1.29 is 104 Å². The maximum Gasteiger partial charge on any atom is 0.472 e. The standard InChI is InChI=1S/C45H88O22P4/c1-3-5-7-9-11-13-15-17-19-21-23-25-27-29-31-33-38(46)61-35-37(63-39(47)34-32-30-28-26-24-22-20-18-16-14-12-10-8-6-4-2)36-62-71(59,60)67-42-40(48)43(64-68(50,51)52)45(66-70(56,57)58)44(41(42)49)65-69(53,54)55/h14,16,37,40-45,48-49H,3-13,15,17-36H2,1-2H3,(H,59,60)(H2,50,51,52)(H2,53,54,55)(H2,56,57,58)/b16-14-/t37-,40?,41?,42?,43+,44?,45?/m1/s1. The average molecular weight is 1110 g/mol. The van der Waals surface area contributed by atoms with E-state index in [1.54, 1.807) is 0 Å². The van der Waals surface area contributed by atoms with Gasteiger partial charge in [-0.15, -0.1) is 0 Å². The molecule has 0 spiro atoms. The first-order valence-electron chi connectivity index (χ1n) is 25.7. The molecular weight excluding hydrogens is 1020 g/mol. The van der Waals surface area contributed by atoms with Crippen LogP contribution in [0, 0.1) is 0 Å². The van der Waals surface area contributed by atoms with E-state index in [-0.39, 0.29) is 12.8 Å². The zero-order valence-corrected chi connectivity index (χ0v) is 45.5. The van der Waals surface area contributed by atoms with Gasteiger partial charge in [0.2, 0.25) is 0 Å². The maximum absolute atomic E-state index is 13.3. The van der Waals surface area contributed by atoms with Crippen LogP contribution in [0.15, 0.2) is 12.2 Å². The molecule has 1 fully saturated rings. The van der Waals surface area contributed by atoms with Gasteiger partial charge in [0.25, 0.3) is 0 Å². The van der Waals surface area contributed by atoms with Crippen molar-refractivity contribution in [1.82, 2.24) is 0 Å². The van der Waals surface area contributed by atoms with Gasteiger partial charge in [0, 0.05) is 12.8 Å². The highest BCUT2D eigenvalue weighted by atomic mass is 31.2. The lowest BCUT2D eigenvalue weighted by atomic mass is 9.85. The van der Waals surface area contributed by atoms with E-state index >= 15 is 0 Å². The number of rotatable bonds is 45. The molecule has 22 nitrogen and oxygen atoms in total. The van der Waals surface area contributed by atoms with Crippen LogP contribution in [0.5, 0.6) is 0 Å². The van der Waals surface area contributed by atoms with Crippen molar-refractivity contribution in [3.8, 4) is 0 Å². The van der Waals surface area contributed by atoms with E-state index in [1.807, 2.05) is 0 Å². The molecule has 0 radical (unpaired) electrons. The molecule has 0 aromatic carbocycles. The Morgan fingerprint density at radius 3 is 1.17 bits per heavy atom. The highest BCUT2D eigenvalue weighted by Gasteiger charge is 2.59. The van der Waals surface area contributed by atoms with E-state index in [9.17, 15) is 72.3 Å². The quantitative estimate of drug-likeness (QED) is 0.0119. The van der Waals surface area contributed by atoms with Gasteiger partial charge >= 0.3 is 43.2 Å². The van der Waals surface area contributed by atoms with Crippen molar-refractivity contribution in [2.24, 2.45) is 0 Å². The van der Waals surface area contributed by atoms with Gasteiger partial charge < -0.3 is 53.9 Å². The maximum atomic E-state index is 13.3. The molecule has 8 atom stereocenters. The Hall–Kier alpha value is -0.960. The van der Waals surface area contributed by atoms with Crippen LogP contribution in [0.2, 0.25) is 0 Å². The topological polar surface area (TPSA) is 349 Å². The van der Waals surface area contributed by atoms with Crippen LogP contribution in [0.1, 0.15) is 206 Å². The van der Waals surface area contributed by atoms with E-state index in [2.05, 4.69) is 39.6 Å². The van der Waals surface area contributed by atoms with Crippen LogP contribution < -0.4 is 0 Å². The van der Waals surface area contributed by atoms with Crippen LogP contribution in [-0.2, 0) is 59.9 Å². The van der Waals surface area contributed by atoms with E-state index in [4.69, 9.17) is 18.5 Å². The summed E-state index contributed by atoms with van der Waals surface area (Å²) in [6, 6.07) is 0. The summed E-state index contributed by atoms with van der Waals surface area (Å²) in [5.74, 6) is -1.40. The van der Waals surface area contributed by atoms with Crippen molar-refractivity contribution in [1.29, 1.82) is 0 Å². The minimum Gasteiger partial charge on any atom is -0.462 e. The zero-order valence-electron chi connectivity index (χ0n) is 41.9. The van der Waals surface area contributed by atoms with Gasteiger partial charge in [-0.2, -0.15) is 0 Å². The van der Waals surface area contributed by atoms with E-state index in [0.29, 0.717) is 19.3 Å². The normalized spacial score (nSPS) is 21.3. The summed E-state index contributed by atoms with van der Waals surface area (Å²) in [4.78, 5) is 93.0. The van der Waals surface area contributed by atoms with E-state index in [0.717, 1.165) is 77.0 Å². The fourth-order valence-corrected chi connectivity index (χ4v) is 10.7. The monoisotopic (exact) mass is 1100 g/mol. The summed E-state index contributed by atoms with van der Waals surface area (Å²) in [7, 11) is -23.0. The predicted molar refractivity (Wildman–Crippen MR) is 263 cm³/mol. The lowest BCUT2D eigenvalue weighted by Crippen LogP contribution is -2.65. The Kier molecular flexibility index (Phi) is 37.0. The number of esters is 2. The number of carbonyl (C=O) groups is 2. The third kappa shape index (κ3) is 36.6. The highest BCUT2D eigenvalue weighted by molar-refractivity contribution is 7.47. The number of hydrogen-bond donors (Lipinski definition) is 9. The van der Waals surface area contributed by atoms with Crippen molar-refractivity contribution in [2.45, 2.75) is 249 Å². The molecule has 26 heteroatoms. The SMILES string of the molecule is CCCCCC/C=C\CCCCCCCCCC(=O)O[C@H](COC(=O)CCCCCCCCCCCCCCCCC)COP(=O)(O)OC1C(O)C(OP(=O)(O)O)C(OP(=O)(O)O)[C@@H](OP(=O)(O)O)C1O. The molecule has 0 heterocycles. The Morgan fingerprint density at radius 1 is 0.437 bits per heavy atom. The molecule has 6 unspecified atom stereocenters. The molecule has 0 amide bonds. The average Bonchev–Trinajstić information content (AvgIpc) is 3.27. The molecule has 1 saturated carbocycles. The number of aliphatic hydroxyl groups is 2. The first-order chi connectivity index (χ1) is 33.5. The first kappa shape index (κ1) is 68.1. The minimum absolute atomic E-state index is 0.0388. The smallest absolute Gasteiger partial charge is 0.462 e. The lowest BCUT2D eigenvalue weighted by molar-refractivity contribution is -0.209. The fourth-order valence-electron chi connectivity index (χ4n) is 8.08. The molecule has 0 aromatic heterocycles. The second-order valence-electron chi connectivity index (χ2n) is 18.3. The third-order valence-corrected chi connectivity index (χ3v) is 14.3. The van der Waals surface area contributed by atoms with Crippen LogP contribution in [0.3, 0.4) is 0 Å². The number of carbonyl (C=O) groups excluding carboxylic acids is 2. The number of hydrogen-bond acceptors (Lipinski definition) is 15. The summed E-state index contributed by atoms with van der Waals surface area (Å²) in [6.45, 7) is 2.76. The van der Waals surface area contributed by atoms with Gasteiger partial charge in [0.15, 0.2) is 6.10 Å². The molecule has 0 saturated heterocycles. The van der Waals surface area contributed by atoms with Gasteiger partial charge in [0.1, 0.15) is 43.2 Å². The van der Waals surface area contributed by atoms with Gasteiger partial charge in [-0.3, -0.25) is 32.2 Å². The third-order valence-electron chi connectivity index (χ3n) is 11.8. The molecule has 1 aliphatic carbocycles. The summed E-state index contributed by atoms with van der Waals surface area (Å²) in [6.07, 6.45) is 17.0. The molecule has 0 aliphatic heterocycles. The lowest BCUT2D eigenvalue weighted by Gasteiger charge is -2.45. The van der Waals surface area contributed by atoms with Crippen LogP contribution in [0.4, 0.5) is 0 Å². The van der Waals surface area contributed by atoms with Gasteiger partial charge in [-0.25, -0.2) is 18.3 Å². The molecule has 1 aliphatic rings.